The molecule has 19 heavy (non-hydrogen) atoms. The molecule has 0 atom stereocenters. The van der Waals surface area contributed by atoms with E-state index in [4.69, 9.17) is 4.74 Å². The number of hydrogen-bond donors (Lipinski definition) is 0. The first-order chi connectivity index (χ1) is 9.11. The Morgan fingerprint density at radius 3 is 2.89 bits per heavy atom. The highest BCUT2D eigenvalue weighted by Gasteiger charge is 2.12. The van der Waals surface area contributed by atoms with Crippen molar-refractivity contribution in [2.45, 2.75) is 6.92 Å². The summed E-state index contributed by atoms with van der Waals surface area (Å²) in [6.45, 7) is 1.99. The molecule has 0 spiro atoms. The fourth-order valence-corrected chi connectivity index (χ4v) is 1.96. The summed E-state index contributed by atoms with van der Waals surface area (Å²) in [5.41, 5.74) is 0.892. The van der Waals surface area contributed by atoms with E-state index < -0.39 is 11.8 Å². The summed E-state index contributed by atoms with van der Waals surface area (Å²) in [5, 5.41) is 0. The summed E-state index contributed by atoms with van der Waals surface area (Å²) in [4.78, 5) is 15.7. The number of aromatic nitrogens is 1. The van der Waals surface area contributed by atoms with Crippen LogP contribution in [0.4, 0.5) is 4.39 Å². The van der Waals surface area contributed by atoms with Gasteiger partial charge in [0.1, 0.15) is 11.5 Å². The van der Waals surface area contributed by atoms with Gasteiger partial charge in [0.25, 0.3) is 0 Å². The number of pyridine rings is 1. The van der Waals surface area contributed by atoms with Gasteiger partial charge in [-0.25, -0.2) is 14.2 Å². The predicted molar refractivity (Wildman–Crippen MR) is 73.3 cm³/mol. The largest absolute Gasteiger partial charge is 0.461 e. The van der Waals surface area contributed by atoms with Crippen molar-refractivity contribution in [3.63, 3.8) is 0 Å². The number of halogens is 2. The molecule has 2 aromatic rings. The van der Waals surface area contributed by atoms with Crippen LogP contribution in [0.15, 0.2) is 40.9 Å². The van der Waals surface area contributed by atoms with E-state index in [1.54, 1.807) is 31.2 Å². The van der Waals surface area contributed by atoms with Crippen molar-refractivity contribution in [2.24, 2.45) is 0 Å². The number of esters is 1. The maximum absolute atomic E-state index is 13.8. The zero-order chi connectivity index (χ0) is 13.8. The third-order valence-electron chi connectivity index (χ3n) is 2.44. The van der Waals surface area contributed by atoms with Crippen molar-refractivity contribution in [3.05, 3.63) is 52.4 Å². The molecule has 5 heteroatoms. The Labute approximate surface area is 118 Å². The molecular formula is C14H11BrFNO2. The minimum absolute atomic E-state index is 0.165. The van der Waals surface area contributed by atoms with E-state index in [9.17, 15) is 9.18 Å². The minimum Gasteiger partial charge on any atom is -0.461 e. The van der Waals surface area contributed by atoms with Crippen LogP contribution in [0.1, 0.15) is 17.4 Å². The van der Waals surface area contributed by atoms with Crippen LogP contribution >= 0.6 is 15.9 Å². The first kappa shape index (κ1) is 13.7. The van der Waals surface area contributed by atoms with E-state index >= 15 is 0 Å². The van der Waals surface area contributed by atoms with Crippen LogP contribution in [0.2, 0.25) is 0 Å². The number of carbonyl (C=O) groups excluding carboxylic acids is 1. The third kappa shape index (κ3) is 3.17. The van der Waals surface area contributed by atoms with Crippen LogP contribution in [0, 0.1) is 5.82 Å². The number of nitrogens with zero attached hydrogens (tertiary/aromatic N) is 1. The normalized spacial score (nSPS) is 10.3. The van der Waals surface area contributed by atoms with E-state index in [2.05, 4.69) is 20.9 Å². The van der Waals surface area contributed by atoms with Gasteiger partial charge in [-0.2, -0.15) is 0 Å². The molecule has 98 valence electrons. The lowest BCUT2D eigenvalue weighted by Gasteiger charge is -2.06. The molecule has 0 unspecified atom stereocenters. The Balaban J connectivity index is 2.43. The summed E-state index contributed by atoms with van der Waals surface area (Å²) in [7, 11) is 0. The maximum atomic E-state index is 13.8. The second-order valence-corrected chi connectivity index (χ2v) is 4.67. The minimum atomic E-state index is -0.514. The second-order valence-electron chi connectivity index (χ2n) is 3.75. The van der Waals surface area contributed by atoms with E-state index in [1.165, 1.54) is 12.1 Å². The molecule has 0 aliphatic heterocycles. The predicted octanol–water partition coefficient (Wildman–Crippen LogP) is 3.83. The van der Waals surface area contributed by atoms with Gasteiger partial charge in [0, 0.05) is 10.0 Å². The van der Waals surface area contributed by atoms with Gasteiger partial charge in [0.2, 0.25) is 0 Å². The van der Waals surface area contributed by atoms with Crippen molar-refractivity contribution >= 4 is 21.9 Å². The number of benzene rings is 1. The smallest absolute Gasteiger partial charge is 0.356 e. The zero-order valence-electron chi connectivity index (χ0n) is 10.2. The molecule has 0 saturated heterocycles. The first-order valence-electron chi connectivity index (χ1n) is 5.71. The molecule has 0 bridgehead atoms. The fourth-order valence-electron chi connectivity index (χ4n) is 1.60. The van der Waals surface area contributed by atoms with Gasteiger partial charge < -0.3 is 4.74 Å². The molecule has 0 aliphatic carbocycles. The molecule has 0 saturated carbocycles. The zero-order valence-corrected chi connectivity index (χ0v) is 11.8. The monoisotopic (exact) mass is 323 g/mol. The molecule has 2 rings (SSSR count). The van der Waals surface area contributed by atoms with Gasteiger partial charge in [-0.1, -0.05) is 22.0 Å². The van der Waals surface area contributed by atoms with E-state index in [1.807, 2.05) is 0 Å². The number of hydrogen-bond acceptors (Lipinski definition) is 3. The van der Waals surface area contributed by atoms with Crippen LogP contribution in [-0.2, 0) is 4.74 Å². The van der Waals surface area contributed by atoms with Gasteiger partial charge in [-0.3, -0.25) is 0 Å². The summed E-state index contributed by atoms with van der Waals surface area (Å²) in [6, 6.07) is 9.40. The lowest BCUT2D eigenvalue weighted by molar-refractivity contribution is 0.0519. The Kier molecular flexibility index (Phi) is 4.27. The van der Waals surface area contributed by atoms with Gasteiger partial charge in [-0.15, -0.1) is 0 Å². The fraction of sp³-hybridized carbons (Fsp3) is 0.143. The second kappa shape index (κ2) is 5.93. The molecule has 1 heterocycles. The van der Waals surface area contributed by atoms with Crippen LogP contribution in [0.5, 0.6) is 0 Å². The molecule has 1 aromatic heterocycles. The maximum Gasteiger partial charge on any atom is 0.356 e. The lowest BCUT2D eigenvalue weighted by atomic mass is 10.1. The molecule has 0 aliphatic rings. The van der Waals surface area contributed by atoms with Crippen molar-refractivity contribution in [1.29, 1.82) is 0 Å². The van der Waals surface area contributed by atoms with Crippen LogP contribution in [0.3, 0.4) is 0 Å². The number of rotatable bonds is 3. The molecule has 0 N–H and O–H groups in total. The highest BCUT2D eigenvalue weighted by atomic mass is 79.9. The lowest BCUT2D eigenvalue weighted by Crippen LogP contribution is -2.07. The Hall–Kier alpha value is -1.75. The van der Waals surface area contributed by atoms with Crippen molar-refractivity contribution < 1.29 is 13.9 Å². The first-order valence-corrected chi connectivity index (χ1v) is 6.50. The van der Waals surface area contributed by atoms with Crippen LogP contribution in [0.25, 0.3) is 11.3 Å². The van der Waals surface area contributed by atoms with Gasteiger partial charge in [-0.05, 0) is 37.3 Å². The van der Waals surface area contributed by atoms with Crippen LogP contribution < -0.4 is 0 Å². The Bertz CT molecular complexity index is 616. The average Bonchev–Trinajstić information content (AvgIpc) is 2.42. The summed E-state index contributed by atoms with van der Waals surface area (Å²) in [5.74, 6) is -0.906. The van der Waals surface area contributed by atoms with Gasteiger partial charge in [0.05, 0.1) is 12.3 Å². The molecular weight excluding hydrogens is 313 g/mol. The summed E-state index contributed by atoms with van der Waals surface area (Å²) in [6.07, 6.45) is 0. The van der Waals surface area contributed by atoms with E-state index in [0.29, 0.717) is 11.3 Å². The molecule has 3 nitrogen and oxygen atoms in total. The quantitative estimate of drug-likeness (QED) is 0.806. The topological polar surface area (TPSA) is 39.2 Å². The summed E-state index contributed by atoms with van der Waals surface area (Å²) >= 11 is 3.28. The molecule has 0 amide bonds. The van der Waals surface area contributed by atoms with Crippen molar-refractivity contribution in [2.75, 3.05) is 6.61 Å². The average molecular weight is 324 g/mol. The van der Waals surface area contributed by atoms with Crippen molar-refractivity contribution in [1.82, 2.24) is 4.98 Å². The highest BCUT2D eigenvalue weighted by molar-refractivity contribution is 9.10. The third-order valence-corrected chi connectivity index (χ3v) is 2.93. The van der Waals surface area contributed by atoms with Crippen molar-refractivity contribution in [3.8, 4) is 11.3 Å². The van der Waals surface area contributed by atoms with Crippen LogP contribution in [-0.4, -0.2) is 17.6 Å². The van der Waals surface area contributed by atoms with E-state index in [0.717, 1.165) is 4.47 Å². The molecule has 0 radical (unpaired) electrons. The van der Waals surface area contributed by atoms with E-state index in [-0.39, 0.29) is 12.3 Å². The Morgan fingerprint density at radius 2 is 2.16 bits per heavy atom. The summed E-state index contributed by atoms with van der Waals surface area (Å²) < 4.78 is 19.4. The molecule has 1 aromatic carbocycles. The highest BCUT2D eigenvalue weighted by Crippen LogP contribution is 2.25. The number of carbonyl (C=O) groups is 1. The van der Waals surface area contributed by atoms with Gasteiger partial charge >= 0.3 is 5.97 Å². The molecule has 0 fully saturated rings. The van der Waals surface area contributed by atoms with Gasteiger partial charge in [0.15, 0.2) is 0 Å². The SMILES string of the molecule is CCOC(=O)c1cccc(-c2cc(Br)ccc2F)n1. The standard InChI is InChI=1S/C14H11BrFNO2/c1-2-19-14(18)13-5-3-4-12(17-13)10-8-9(15)6-7-11(10)16/h3-8H,2H2,1H3. The number of ether oxygens (including phenoxy) is 1. The Morgan fingerprint density at radius 1 is 1.37 bits per heavy atom.